The normalized spacial score (nSPS) is 12.0. The molecule has 0 spiro atoms. The van der Waals surface area contributed by atoms with E-state index in [0.29, 0.717) is 12.1 Å². The lowest BCUT2D eigenvalue weighted by Gasteiger charge is -2.28. The second kappa shape index (κ2) is 6.93. The van der Waals surface area contributed by atoms with Crippen molar-refractivity contribution in [3.8, 4) is 5.75 Å². The lowest BCUT2D eigenvalue weighted by Crippen LogP contribution is -2.33. The van der Waals surface area contributed by atoms with Gasteiger partial charge < -0.3 is 10.0 Å². The molecule has 0 aliphatic rings. The van der Waals surface area contributed by atoms with E-state index in [4.69, 9.17) is 0 Å². The summed E-state index contributed by atoms with van der Waals surface area (Å²) in [6.45, 7) is 4.55. The van der Waals surface area contributed by atoms with E-state index in [1.54, 1.807) is 23.1 Å². The molecule has 2 aromatic carbocycles. The van der Waals surface area contributed by atoms with Crippen molar-refractivity contribution in [3.63, 3.8) is 0 Å². The minimum absolute atomic E-state index is 0.00635. The molecule has 1 atom stereocenters. The molecule has 0 saturated carbocycles. The Morgan fingerprint density at radius 2 is 1.95 bits per heavy atom. The second-order valence-corrected chi connectivity index (χ2v) is 6.12. The highest BCUT2D eigenvalue weighted by Gasteiger charge is 2.21. The Kier molecular flexibility index (Phi) is 5.22. The molecule has 1 unspecified atom stereocenters. The number of carbonyl (C=O) groups is 1. The van der Waals surface area contributed by atoms with Crippen LogP contribution in [0.4, 0.5) is 0 Å². The fraction of sp³-hybridized carbons (Fsp3) is 0.235. The summed E-state index contributed by atoms with van der Waals surface area (Å²) >= 11 is 2.20. The van der Waals surface area contributed by atoms with E-state index in [2.05, 4.69) is 22.6 Å². The molecule has 0 heterocycles. The molecule has 1 N–H and O–H groups in total. The van der Waals surface area contributed by atoms with Crippen LogP contribution in [-0.4, -0.2) is 22.5 Å². The summed E-state index contributed by atoms with van der Waals surface area (Å²) in [5.74, 6) is 0.226. The SMILES string of the molecule is CCN(C(=O)c1cccc(I)c1)C(C)c1cccc(O)c1. The van der Waals surface area contributed by atoms with Crippen LogP contribution in [0.15, 0.2) is 48.5 Å². The van der Waals surface area contributed by atoms with E-state index in [-0.39, 0.29) is 17.7 Å². The van der Waals surface area contributed by atoms with Gasteiger partial charge in [0.15, 0.2) is 0 Å². The van der Waals surface area contributed by atoms with Gasteiger partial charge in [-0.2, -0.15) is 0 Å². The molecule has 0 radical (unpaired) electrons. The summed E-state index contributed by atoms with van der Waals surface area (Å²) in [5, 5.41) is 9.60. The quantitative estimate of drug-likeness (QED) is 0.788. The number of carbonyl (C=O) groups excluding carboxylic acids is 1. The summed E-state index contributed by atoms with van der Waals surface area (Å²) < 4.78 is 1.04. The first-order chi connectivity index (χ1) is 10.0. The van der Waals surface area contributed by atoms with Crippen molar-refractivity contribution in [2.75, 3.05) is 6.54 Å². The molecule has 21 heavy (non-hydrogen) atoms. The fourth-order valence-corrected chi connectivity index (χ4v) is 2.89. The average Bonchev–Trinajstić information content (AvgIpc) is 2.47. The van der Waals surface area contributed by atoms with Gasteiger partial charge in [0, 0.05) is 15.7 Å². The third-order valence-corrected chi connectivity index (χ3v) is 4.16. The van der Waals surface area contributed by atoms with Crippen molar-refractivity contribution in [1.82, 2.24) is 4.90 Å². The van der Waals surface area contributed by atoms with Gasteiger partial charge in [0.1, 0.15) is 5.75 Å². The highest BCUT2D eigenvalue weighted by molar-refractivity contribution is 14.1. The lowest BCUT2D eigenvalue weighted by atomic mass is 10.1. The summed E-state index contributed by atoms with van der Waals surface area (Å²) in [7, 11) is 0. The van der Waals surface area contributed by atoms with Crippen LogP contribution >= 0.6 is 22.6 Å². The number of hydrogen-bond acceptors (Lipinski definition) is 2. The molecule has 3 nitrogen and oxygen atoms in total. The number of phenols is 1. The van der Waals surface area contributed by atoms with Crippen LogP contribution in [0.25, 0.3) is 0 Å². The van der Waals surface area contributed by atoms with Crippen LogP contribution in [0.1, 0.15) is 35.8 Å². The molecule has 0 aliphatic heterocycles. The van der Waals surface area contributed by atoms with Crippen molar-refractivity contribution in [3.05, 3.63) is 63.2 Å². The Hall–Kier alpha value is -1.56. The van der Waals surface area contributed by atoms with Crippen molar-refractivity contribution in [1.29, 1.82) is 0 Å². The molecule has 0 aliphatic carbocycles. The maximum Gasteiger partial charge on any atom is 0.254 e. The number of nitrogens with zero attached hydrogens (tertiary/aromatic N) is 1. The van der Waals surface area contributed by atoms with Gasteiger partial charge in [-0.3, -0.25) is 4.79 Å². The molecule has 0 aromatic heterocycles. The highest BCUT2D eigenvalue weighted by atomic mass is 127. The number of halogens is 1. The van der Waals surface area contributed by atoms with Crippen LogP contribution in [0.5, 0.6) is 5.75 Å². The van der Waals surface area contributed by atoms with Crippen molar-refractivity contribution >= 4 is 28.5 Å². The van der Waals surface area contributed by atoms with Gasteiger partial charge in [-0.1, -0.05) is 18.2 Å². The third-order valence-electron chi connectivity index (χ3n) is 3.49. The topological polar surface area (TPSA) is 40.5 Å². The van der Waals surface area contributed by atoms with Gasteiger partial charge in [-0.05, 0) is 72.3 Å². The monoisotopic (exact) mass is 395 g/mol. The molecule has 2 rings (SSSR count). The molecular weight excluding hydrogens is 377 g/mol. The maximum atomic E-state index is 12.7. The zero-order chi connectivity index (χ0) is 15.4. The predicted molar refractivity (Wildman–Crippen MR) is 92.4 cm³/mol. The Labute approximate surface area is 138 Å². The Morgan fingerprint density at radius 3 is 2.57 bits per heavy atom. The van der Waals surface area contributed by atoms with Gasteiger partial charge in [-0.15, -0.1) is 0 Å². The molecular formula is C17H18INO2. The van der Waals surface area contributed by atoms with Gasteiger partial charge >= 0.3 is 0 Å². The number of aromatic hydroxyl groups is 1. The minimum Gasteiger partial charge on any atom is -0.508 e. The highest BCUT2D eigenvalue weighted by Crippen LogP contribution is 2.25. The van der Waals surface area contributed by atoms with Crippen LogP contribution in [0.3, 0.4) is 0 Å². The van der Waals surface area contributed by atoms with Crippen molar-refractivity contribution in [2.45, 2.75) is 19.9 Å². The number of amides is 1. The average molecular weight is 395 g/mol. The smallest absolute Gasteiger partial charge is 0.254 e. The number of rotatable bonds is 4. The molecule has 0 saturated heterocycles. The van der Waals surface area contributed by atoms with E-state index < -0.39 is 0 Å². The molecule has 1 amide bonds. The first-order valence-corrected chi connectivity index (χ1v) is 7.96. The largest absolute Gasteiger partial charge is 0.508 e. The Morgan fingerprint density at radius 1 is 1.24 bits per heavy atom. The van der Waals surface area contributed by atoms with Crippen LogP contribution in [0.2, 0.25) is 0 Å². The molecule has 4 heteroatoms. The lowest BCUT2D eigenvalue weighted by molar-refractivity contribution is 0.0702. The zero-order valence-corrected chi connectivity index (χ0v) is 14.2. The first kappa shape index (κ1) is 15.8. The maximum absolute atomic E-state index is 12.7. The standard InChI is InChI=1S/C17H18INO2/c1-3-19(12(2)13-6-5-9-16(20)11-13)17(21)14-7-4-8-15(18)10-14/h4-12,20H,3H2,1-2H3. The third kappa shape index (κ3) is 3.75. The summed E-state index contributed by atoms with van der Waals surface area (Å²) in [4.78, 5) is 14.5. The van der Waals surface area contributed by atoms with Crippen LogP contribution in [0, 0.1) is 3.57 Å². The molecule has 0 fully saturated rings. The summed E-state index contributed by atoms with van der Waals surface area (Å²) in [6, 6.07) is 14.5. The number of benzene rings is 2. The molecule has 2 aromatic rings. The summed E-state index contributed by atoms with van der Waals surface area (Å²) in [6.07, 6.45) is 0. The number of hydrogen-bond donors (Lipinski definition) is 1. The van der Waals surface area contributed by atoms with Gasteiger partial charge in [0.2, 0.25) is 0 Å². The predicted octanol–water partition coefficient (Wildman–Crippen LogP) is 4.22. The van der Waals surface area contributed by atoms with Gasteiger partial charge in [0.25, 0.3) is 5.91 Å². The molecule has 0 bridgehead atoms. The van der Waals surface area contributed by atoms with Crippen LogP contribution in [-0.2, 0) is 0 Å². The first-order valence-electron chi connectivity index (χ1n) is 6.88. The Balaban J connectivity index is 2.28. The van der Waals surface area contributed by atoms with E-state index in [0.717, 1.165) is 9.13 Å². The van der Waals surface area contributed by atoms with Crippen molar-refractivity contribution in [2.24, 2.45) is 0 Å². The van der Waals surface area contributed by atoms with Gasteiger partial charge in [0.05, 0.1) is 6.04 Å². The van der Waals surface area contributed by atoms with E-state index in [9.17, 15) is 9.90 Å². The van der Waals surface area contributed by atoms with Crippen molar-refractivity contribution < 1.29 is 9.90 Å². The number of phenolic OH excluding ortho intramolecular Hbond substituents is 1. The fourth-order valence-electron chi connectivity index (χ4n) is 2.35. The summed E-state index contributed by atoms with van der Waals surface area (Å²) in [5.41, 5.74) is 1.62. The van der Waals surface area contributed by atoms with E-state index in [1.165, 1.54) is 0 Å². The Bertz CT molecular complexity index is 642. The zero-order valence-electron chi connectivity index (χ0n) is 12.1. The van der Waals surface area contributed by atoms with Gasteiger partial charge in [-0.25, -0.2) is 0 Å². The minimum atomic E-state index is -0.0903. The second-order valence-electron chi connectivity index (χ2n) is 4.87. The van der Waals surface area contributed by atoms with E-state index >= 15 is 0 Å². The molecule has 110 valence electrons. The van der Waals surface area contributed by atoms with Crippen LogP contribution < -0.4 is 0 Å². The van der Waals surface area contributed by atoms with E-state index in [1.807, 2.05) is 44.2 Å².